The number of oxime groups is 1. The van der Waals surface area contributed by atoms with Crippen molar-refractivity contribution < 1.29 is 36.9 Å². The number of hydrogen-bond donors (Lipinski definition) is 3. The van der Waals surface area contributed by atoms with E-state index < -0.39 is 39.3 Å². The summed E-state index contributed by atoms with van der Waals surface area (Å²) >= 11 is 2.02. The Morgan fingerprint density at radius 2 is 2.05 bits per heavy atom. The Kier molecular flexibility index (Phi) is 8.22. The number of amides is 2. The number of aromatic nitrogens is 2. The minimum atomic E-state index is -4.13. The van der Waals surface area contributed by atoms with Crippen LogP contribution in [-0.2, 0) is 33.5 Å². The van der Waals surface area contributed by atoms with Crippen molar-refractivity contribution in [3.63, 3.8) is 0 Å². The zero-order chi connectivity index (χ0) is 28.3. The first-order chi connectivity index (χ1) is 18.5. The fourth-order valence-corrected chi connectivity index (χ4v) is 6.10. The lowest BCUT2D eigenvalue weighted by Gasteiger charge is -2.49. The number of nitrogens with one attached hydrogen (secondary N) is 1. The van der Waals surface area contributed by atoms with E-state index in [-0.39, 0.29) is 45.2 Å². The number of nitrogens with zero attached hydrogens (tertiary/aromatic N) is 4. The maximum atomic E-state index is 12.9. The van der Waals surface area contributed by atoms with Crippen molar-refractivity contribution in [3.8, 4) is 0 Å². The van der Waals surface area contributed by atoms with Gasteiger partial charge in [0.05, 0.1) is 0 Å². The van der Waals surface area contributed by atoms with Crippen LogP contribution in [0.2, 0.25) is 0 Å². The van der Waals surface area contributed by atoms with Gasteiger partial charge in [-0.15, -0.1) is 11.8 Å². The van der Waals surface area contributed by atoms with Crippen molar-refractivity contribution in [2.75, 3.05) is 18.1 Å². The SMILES string of the molecule is CCON=C(C(=O)NC1C(=O)N2C(C(=O)O)=C(C=COS(=O)(=O)c3ccc(C)cc3)CS[C@@H]12)c1nsc(N)n1. The van der Waals surface area contributed by atoms with Crippen molar-refractivity contribution in [2.24, 2.45) is 5.16 Å². The number of aliphatic carboxylic acids is 1. The number of nitrogens with two attached hydrogens (primary N) is 1. The number of aryl methyl sites for hydroxylation is 1. The maximum absolute atomic E-state index is 12.9. The van der Waals surface area contributed by atoms with Gasteiger partial charge in [-0.3, -0.25) is 14.5 Å². The molecule has 3 heterocycles. The number of nitrogen functional groups attached to an aromatic ring is 1. The summed E-state index contributed by atoms with van der Waals surface area (Å²) in [4.78, 5) is 47.7. The van der Waals surface area contributed by atoms with Crippen molar-refractivity contribution in [1.82, 2.24) is 19.6 Å². The molecule has 2 aliphatic heterocycles. The lowest BCUT2D eigenvalue weighted by atomic mass is 10.0. The molecule has 2 amide bonds. The molecule has 0 radical (unpaired) electrons. The number of rotatable bonds is 10. The van der Waals surface area contributed by atoms with E-state index in [1.54, 1.807) is 26.0 Å². The number of benzene rings is 1. The normalized spacial score (nSPS) is 19.5. The zero-order valence-electron chi connectivity index (χ0n) is 20.4. The molecular weight excluding hydrogens is 572 g/mol. The first kappa shape index (κ1) is 28.1. The van der Waals surface area contributed by atoms with Crippen LogP contribution in [0.15, 0.2) is 57.9 Å². The summed E-state index contributed by atoms with van der Waals surface area (Å²) < 4.78 is 33.7. The number of carbonyl (C=O) groups is 3. The number of carboxylic acids is 1. The van der Waals surface area contributed by atoms with Gasteiger partial charge >= 0.3 is 16.1 Å². The summed E-state index contributed by atoms with van der Waals surface area (Å²) in [7, 11) is -4.13. The first-order valence-electron chi connectivity index (χ1n) is 11.2. The number of carbonyl (C=O) groups excluding carboxylic acids is 2. The minimum Gasteiger partial charge on any atom is -0.477 e. The average Bonchev–Trinajstić information content (AvgIpc) is 3.32. The Morgan fingerprint density at radius 1 is 1.33 bits per heavy atom. The van der Waals surface area contributed by atoms with Crippen molar-refractivity contribution in [1.29, 1.82) is 0 Å². The number of hydrogen-bond acceptors (Lipinski definition) is 13. The van der Waals surface area contributed by atoms with Crippen LogP contribution in [0.3, 0.4) is 0 Å². The second kappa shape index (κ2) is 11.4. The first-order valence-corrected chi connectivity index (χ1v) is 14.4. The molecule has 1 saturated heterocycles. The average molecular weight is 595 g/mol. The number of β-lactam (4-membered cyclic amide) rings is 1. The monoisotopic (exact) mass is 594 g/mol. The number of allylic oxidation sites excluding steroid dienone is 1. The molecule has 2 atom stereocenters. The lowest BCUT2D eigenvalue weighted by molar-refractivity contribution is -0.150. The second-order valence-electron chi connectivity index (χ2n) is 8.02. The Morgan fingerprint density at radius 3 is 2.67 bits per heavy atom. The predicted octanol–water partition coefficient (Wildman–Crippen LogP) is 0.827. The molecule has 0 spiro atoms. The molecule has 0 saturated carbocycles. The van der Waals surface area contributed by atoms with E-state index in [4.69, 9.17) is 14.8 Å². The van der Waals surface area contributed by atoms with Crippen molar-refractivity contribution >= 4 is 62.0 Å². The minimum absolute atomic E-state index is 0.0671. The molecule has 17 heteroatoms. The van der Waals surface area contributed by atoms with E-state index in [1.165, 1.54) is 30.0 Å². The Hall–Kier alpha value is -3.96. The molecule has 1 unspecified atom stereocenters. The lowest BCUT2D eigenvalue weighted by Crippen LogP contribution is -2.71. The quantitative estimate of drug-likeness (QED) is 0.115. The Balaban J connectivity index is 1.49. The van der Waals surface area contributed by atoms with Crippen LogP contribution >= 0.6 is 23.3 Å². The number of thioether (sulfide) groups is 1. The molecule has 1 aromatic heterocycles. The summed E-state index contributed by atoms with van der Waals surface area (Å²) in [6.07, 6.45) is 2.05. The molecule has 4 rings (SSSR count). The molecule has 0 aliphatic carbocycles. The highest BCUT2D eigenvalue weighted by Crippen LogP contribution is 2.40. The number of carboxylic acid groups (broad SMARTS) is 1. The summed E-state index contributed by atoms with van der Waals surface area (Å²) in [5, 5.41) is 15.4. The zero-order valence-corrected chi connectivity index (χ0v) is 22.9. The van der Waals surface area contributed by atoms with Gasteiger partial charge in [0.15, 0.2) is 5.13 Å². The topological polar surface area (TPSA) is 203 Å². The standard InChI is InChI=1S/C22H22N6O8S3/c1-3-35-26-14(17-25-22(23)38-27-17)18(29)24-15-19(30)28-16(21(31)32)12(10-37-20(15)28)8-9-36-39(33,34)13-6-4-11(2)5-7-13/h4-9,15,20H,3,10H2,1-2H3,(H,24,29)(H,31,32)(H2,23,25,27)/t15?,20-/m0/s1. The van der Waals surface area contributed by atoms with E-state index >= 15 is 0 Å². The third kappa shape index (κ3) is 5.89. The molecule has 39 heavy (non-hydrogen) atoms. The van der Waals surface area contributed by atoms with Gasteiger partial charge in [-0.05, 0) is 37.6 Å². The molecule has 206 valence electrons. The third-order valence-corrected chi connectivity index (χ3v) is 8.46. The molecular formula is C22H22N6O8S3. The highest BCUT2D eigenvalue weighted by Gasteiger charge is 2.54. The van der Waals surface area contributed by atoms with E-state index in [0.29, 0.717) is 0 Å². The van der Waals surface area contributed by atoms with Gasteiger partial charge in [-0.1, -0.05) is 22.9 Å². The molecule has 2 aromatic rings. The van der Waals surface area contributed by atoms with Gasteiger partial charge in [0, 0.05) is 17.3 Å². The van der Waals surface area contributed by atoms with Crippen molar-refractivity contribution in [2.45, 2.75) is 30.2 Å². The maximum Gasteiger partial charge on any atom is 0.352 e. The van der Waals surface area contributed by atoms with Gasteiger partial charge in [-0.25, -0.2) is 4.79 Å². The number of fused-ring (bicyclic) bond motifs is 1. The Bertz CT molecular complexity index is 1500. The fraction of sp³-hybridized carbons (Fsp3) is 0.273. The largest absolute Gasteiger partial charge is 0.477 e. The second-order valence-corrected chi connectivity index (χ2v) is 11.5. The summed E-state index contributed by atoms with van der Waals surface area (Å²) in [5.74, 6) is -2.88. The van der Waals surface area contributed by atoms with Crippen LogP contribution in [0.4, 0.5) is 5.13 Å². The van der Waals surface area contributed by atoms with Gasteiger partial charge in [0.2, 0.25) is 11.5 Å². The predicted molar refractivity (Wildman–Crippen MR) is 141 cm³/mol. The van der Waals surface area contributed by atoms with Crippen LogP contribution in [0.25, 0.3) is 0 Å². The molecule has 14 nitrogen and oxygen atoms in total. The van der Waals surface area contributed by atoms with Crippen LogP contribution in [0, 0.1) is 6.92 Å². The van der Waals surface area contributed by atoms with Gasteiger partial charge in [-0.2, -0.15) is 17.8 Å². The molecule has 1 aromatic carbocycles. The van der Waals surface area contributed by atoms with Crippen LogP contribution < -0.4 is 11.1 Å². The summed E-state index contributed by atoms with van der Waals surface area (Å²) in [6.45, 7) is 3.62. The number of anilines is 1. The van der Waals surface area contributed by atoms with E-state index in [0.717, 1.165) is 28.3 Å². The molecule has 1 fully saturated rings. The van der Waals surface area contributed by atoms with E-state index in [9.17, 15) is 27.9 Å². The van der Waals surface area contributed by atoms with Gasteiger partial charge < -0.3 is 25.2 Å². The van der Waals surface area contributed by atoms with Gasteiger partial charge in [0.1, 0.15) is 34.9 Å². The van der Waals surface area contributed by atoms with Crippen LogP contribution in [-0.4, -0.2) is 75.1 Å². The molecule has 2 aliphatic rings. The highest BCUT2D eigenvalue weighted by molar-refractivity contribution is 8.00. The highest BCUT2D eigenvalue weighted by atomic mass is 32.2. The summed E-state index contributed by atoms with van der Waals surface area (Å²) in [5.41, 5.74) is 5.97. The molecule has 4 N–H and O–H groups in total. The van der Waals surface area contributed by atoms with E-state index in [1.807, 2.05) is 0 Å². The van der Waals surface area contributed by atoms with Crippen molar-refractivity contribution in [3.05, 3.63) is 59.3 Å². The molecule has 0 bridgehead atoms. The summed E-state index contributed by atoms with van der Waals surface area (Å²) in [6, 6.07) is 4.94. The van der Waals surface area contributed by atoms with Crippen LogP contribution in [0.5, 0.6) is 0 Å². The van der Waals surface area contributed by atoms with E-state index in [2.05, 4.69) is 19.8 Å². The van der Waals surface area contributed by atoms with Gasteiger partial charge in [0.25, 0.3) is 11.8 Å². The third-order valence-electron chi connectivity index (χ3n) is 5.40. The Labute approximate surface area is 230 Å². The fourth-order valence-electron chi connectivity index (χ4n) is 3.57. The smallest absolute Gasteiger partial charge is 0.352 e. The van der Waals surface area contributed by atoms with Crippen LogP contribution in [0.1, 0.15) is 18.3 Å².